The first-order valence-corrected chi connectivity index (χ1v) is 26.1. The minimum absolute atomic E-state index is 0.0146. The molecule has 2 saturated heterocycles. The Bertz CT molecular complexity index is 2450. The molecule has 2 aliphatic carbocycles. The summed E-state index contributed by atoms with van der Waals surface area (Å²) in [7, 11) is -2.93. The highest BCUT2D eigenvalue weighted by Crippen LogP contribution is 2.75. The number of methoxy groups -OCH3 is 1. The van der Waals surface area contributed by atoms with E-state index in [0.29, 0.717) is 58.2 Å². The van der Waals surface area contributed by atoms with Crippen molar-refractivity contribution in [1.29, 1.82) is 0 Å². The van der Waals surface area contributed by atoms with Gasteiger partial charge in [0.05, 0.1) is 48.6 Å². The minimum Gasteiger partial charge on any atom is -0.495 e. The molecule has 2 aromatic heterocycles. The molecule has 2 aromatic carbocycles. The van der Waals surface area contributed by atoms with E-state index in [1.165, 1.54) is 29.4 Å². The van der Waals surface area contributed by atoms with Gasteiger partial charge in [0.1, 0.15) is 46.1 Å². The number of pyridine rings is 1. The summed E-state index contributed by atoms with van der Waals surface area (Å²) in [5, 5.41) is 5.30. The van der Waals surface area contributed by atoms with Gasteiger partial charge in [-0.1, -0.05) is 49.8 Å². The van der Waals surface area contributed by atoms with Crippen LogP contribution < -0.4 is 14.8 Å². The van der Waals surface area contributed by atoms with E-state index in [9.17, 15) is 23.8 Å². The maximum Gasteiger partial charge on any atom is 0.306 e. The number of rotatable bonds is 12. The smallest absolute Gasteiger partial charge is 0.306 e. The average Bonchev–Trinajstić information content (AvgIpc) is 3.68. The van der Waals surface area contributed by atoms with Crippen molar-refractivity contribution < 1.29 is 46.8 Å². The third-order valence-corrected chi connectivity index (χ3v) is 17.7. The molecule has 4 aromatic rings. The molecular weight excluding hydrogens is 897 g/mol. The molecule has 4 heterocycles. The number of ether oxygens (including phenoxy) is 3. The summed E-state index contributed by atoms with van der Waals surface area (Å²) in [5.41, 5.74) is 0.973. The van der Waals surface area contributed by atoms with Crippen molar-refractivity contribution in [2.45, 2.75) is 146 Å². The van der Waals surface area contributed by atoms with Crippen molar-refractivity contribution >= 4 is 64.0 Å². The summed E-state index contributed by atoms with van der Waals surface area (Å²) in [6, 6.07) is 7.64. The SMILES string of the molecule is COc1ccc2c(O[C@@H]3C[C@H]4C(=O)C[C@]5(P(=O)(O)Cc6c(F)cccc6F)C[C@@H]5CCCCCCC[C@H](CC(=O)OC5CCCC5)C(=O)N4C3)cc(-c3csc(NC(C)C)n3)nc2c1Cl. The number of hydrogen-bond donors (Lipinski definition) is 2. The fourth-order valence-corrected chi connectivity index (χ4v) is 14.0. The highest BCUT2D eigenvalue weighted by molar-refractivity contribution is 7.59. The third-order valence-electron chi connectivity index (χ3n) is 13.7. The van der Waals surface area contributed by atoms with Crippen LogP contribution in [0.4, 0.5) is 13.9 Å². The number of carbonyl (C=O) groups excluding carboxylic acids is 3. The van der Waals surface area contributed by atoms with Crippen LogP contribution in [0.3, 0.4) is 0 Å². The summed E-state index contributed by atoms with van der Waals surface area (Å²) < 4.78 is 62.8. The number of thiazole rings is 1. The molecule has 12 nitrogen and oxygen atoms in total. The molecule has 8 rings (SSSR count). The molecule has 2 N–H and O–H groups in total. The van der Waals surface area contributed by atoms with E-state index in [2.05, 4.69) is 5.32 Å². The Hall–Kier alpha value is -4.17. The van der Waals surface area contributed by atoms with E-state index >= 15 is 8.78 Å². The molecule has 1 unspecified atom stereocenters. The summed E-state index contributed by atoms with van der Waals surface area (Å²) in [6.07, 6.45) is 6.64. The molecule has 350 valence electrons. The van der Waals surface area contributed by atoms with Crippen LogP contribution in [0.1, 0.15) is 116 Å². The second kappa shape index (κ2) is 20.0. The number of fused-ring (bicyclic) bond motifs is 3. The Balaban J connectivity index is 1.14. The van der Waals surface area contributed by atoms with Gasteiger partial charge in [-0.15, -0.1) is 11.3 Å². The van der Waals surface area contributed by atoms with Gasteiger partial charge in [-0.05, 0) is 89.0 Å². The van der Waals surface area contributed by atoms with E-state index in [1.54, 1.807) is 18.2 Å². The zero-order valence-corrected chi connectivity index (χ0v) is 39.6. The Morgan fingerprint density at radius 2 is 1.69 bits per heavy atom. The maximum absolute atomic E-state index is 15.0. The maximum atomic E-state index is 15.0. The number of anilines is 1. The zero-order chi connectivity index (χ0) is 46.0. The lowest BCUT2D eigenvalue weighted by Gasteiger charge is -2.30. The Morgan fingerprint density at radius 1 is 0.985 bits per heavy atom. The van der Waals surface area contributed by atoms with Gasteiger partial charge >= 0.3 is 5.97 Å². The highest BCUT2D eigenvalue weighted by atomic mass is 35.5. The number of Topliss-reactive ketones (excluding diaryl/α,β-unsaturated/α-hetero) is 1. The van der Waals surface area contributed by atoms with E-state index in [0.717, 1.165) is 63.5 Å². The van der Waals surface area contributed by atoms with Crippen LogP contribution in [-0.4, -0.2) is 80.5 Å². The number of aromatic nitrogens is 2. The van der Waals surface area contributed by atoms with E-state index < -0.39 is 65.7 Å². The molecule has 0 radical (unpaired) electrons. The van der Waals surface area contributed by atoms with Crippen LogP contribution in [0.5, 0.6) is 11.5 Å². The summed E-state index contributed by atoms with van der Waals surface area (Å²) in [5.74, 6) is -3.39. The number of halogens is 3. The number of hydrogen-bond acceptors (Lipinski definition) is 11. The zero-order valence-electron chi connectivity index (χ0n) is 37.2. The standard InChI is InChI=1S/C48H58ClF2N4O8PS/c1-28(2)52-47-54-38(27-65-47)37-22-42(33-18-19-41(61-3)44(49)45(33)53-37)62-32-21-39-40(56)24-48(64(59,60)26-34-35(50)16-11-17-36(34)51)23-30(48)13-8-6-4-5-7-12-29(46(58)55(39)25-32)20-43(57)63-31-14-9-10-15-31/h11,16-19,22,27-32,39H,4-10,12-15,20-21,23-26H2,1-3H3,(H,52,54)(H,59,60)/t29-,30+,32-,39+,48-/m1/s1. The van der Waals surface area contributed by atoms with Crippen molar-refractivity contribution in [3.63, 3.8) is 0 Å². The number of esters is 1. The molecule has 2 saturated carbocycles. The fourth-order valence-electron chi connectivity index (χ4n) is 10.2. The molecule has 4 fully saturated rings. The van der Waals surface area contributed by atoms with Gasteiger partial charge in [-0.3, -0.25) is 18.9 Å². The number of carbonyl (C=O) groups is 3. The Labute approximate surface area is 387 Å². The van der Waals surface area contributed by atoms with Crippen LogP contribution in [0.2, 0.25) is 5.02 Å². The lowest BCUT2D eigenvalue weighted by atomic mass is 9.94. The molecule has 2 aliphatic heterocycles. The third kappa shape index (κ3) is 10.4. The van der Waals surface area contributed by atoms with Crippen molar-refractivity contribution in [1.82, 2.24) is 14.9 Å². The van der Waals surface area contributed by atoms with Gasteiger partial charge in [0.2, 0.25) is 13.3 Å². The Kier molecular flexibility index (Phi) is 14.5. The van der Waals surface area contributed by atoms with Crippen molar-refractivity contribution in [2.24, 2.45) is 11.8 Å². The predicted molar refractivity (Wildman–Crippen MR) is 247 cm³/mol. The molecule has 17 heteroatoms. The van der Waals surface area contributed by atoms with Crippen LogP contribution in [0.15, 0.2) is 41.8 Å². The van der Waals surface area contributed by atoms with Gasteiger partial charge in [0.25, 0.3) is 0 Å². The first kappa shape index (κ1) is 47.3. The first-order chi connectivity index (χ1) is 31.2. The van der Waals surface area contributed by atoms with Crippen molar-refractivity contribution in [3.8, 4) is 22.9 Å². The topological polar surface area (TPSA) is 157 Å². The van der Waals surface area contributed by atoms with Crippen molar-refractivity contribution in [3.05, 3.63) is 64.0 Å². The van der Waals surface area contributed by atoms with Gasteiger partial charge in [-0.2, -0.15) is 0 Å². The van der Waals surface area contributed by atoms with Crippen LogP contribution in [0, 0.1) is 23.5 Å². The molecule has 65 heavy (non-hydrogen) atoms. The fraction of sp³-hybridized carbons (Fsp3) is 0.562. The van der Waals surface area contributed by atoms with Gasteiger partial charge in [-0.25, -0.2) is 18.7 Å². The molecule has 4 aliphatic rings. The van der Waals surface area contributed by atoms with Gasteiger partial charge in [0.15, 0.2) is 10.9 Å². The molecule has 0 bridgehead atoms. The predicted octanol–water partition coefficient (Wildman–Crippen LogP) is 10.9. The summed E-state index contributed by atoms with van der Waals surface area (Å²) in [6.45, 7) is 4.02. The second-order valence-electron chi connectivity index (χ2n) is 18.7. The second-order valence-corrected chi connectivity index (χ2v) is 22.5. The molecular formula is C48H58ClF2N4O8PS. The van der Waals surface area contributed by atoms with E-state index in [-0.39, 0.29) is 61.2 Å². The normalized spacial score (nSPS) is 25.4. The highest BCUT2D eigenvalue weighted by Gasteiger charge is 2.66. The average molecular weight is 956 g/mol. The molecule has 1 amide bonds. The first-order valence-electron chi connectivity index (χ1n) is 23.0. The number of nitrogens with zero attached hydrogens (tertiary/aromatic N) is 3. The monoisotopic (exact) mass is 954 g/mol. The quantitative estimate of drug-likeness (QED) is 0.103. The number of amides is 1. The van der Waals surface area contributed by atoms with Crippen LogP contribution in [-0.2, 0) is 29.8 Å². The number of ketones is 1. The Morgan fingerprint density at radius 3 is 2.42 bits per heavy atom. The van der Waals surface area contributed by atoms with Gasteiger partial charge < -0.3 is 29.3 Å². The summed E-state index contributed by atoms with van der Waals surface area (Å²) >= 11 is 8.31. The van der Waals surface area contributed by atoms with E-state index in [4.69, 9.17) is 35.8 Å². The van der Waals surface area contributed by atoms with Crippen LogP contribution in [0.25, 0.3) is 22.3 Å². The molecule has 0 spiro atoms. The molecule has 6 atom stereocenters. The lowest BCUT2D eigenvalue weighted by molar-refractivity contribution is -0.154. The summed E-state index contributed by atoms with van der Waals surface area (Å²) in [4.78, 5) is 66.5. The van der Waals surface area contributed by atoms with E-state index in [1.807, 2.05) is 19.2 Å². The number of nitrogens with one attached hydrogen (secondary N) is 1. The van der Waals surface area contributed by atoms with Crippen LogP contribution >= 0.6 is 30.3 Å². The van der Waals surface area contributed by atoms with Crippen molar-refractivity contribution in [2.75, 3.05) is 19.0 Å². The minimum atomic E-state index is -4.44. The largest absolute Gasteiger partial charge is 0.495 e. The number of benzene rings is 2. The lowest BCUT2D eigenvalue weighted by Crippen LogP contribution is -2.45. The van der Waals surface area contributed by atoms with Gasteiger partial charge in [0, 0.05) is 47.2 Å².